The van der Waals surface area contributed by atoms with Crippen LogP contribution < -0.4 is 0 Å². The van der Waals surface area contributed by atoms with Crippen molar-refractivity contribution in [3.63, 3.8) is 0 Å². The molecule has 0 aliphatic carbocycles. The van der Waals surface area contributed by atoms with Gasteiger partial charge in [0, 0.05) is 0 Å². The highest BCUT2D eigenvalue weighted by Crippen LogP contribution is 2.43. The number of aryl methyl sites for hydroxylation is 3. The predicted molar refractivity (Wildman–Crippen MR) is 106 cm³/mol. The molecule has 0 unspecified atom stereocenters. The molecule has 0 fully saturated rings. The lowest BCUT2D eigenvalue weighted by Gasteiger charge is -2.32. The highest BCUT2D eigenvalue weighted by Gasteiger charge is 2.50. The Labute approximate surface area is 162 Å². The molecule has 148 valence electrons. The molecule has 0 radical (unpaired) electrons. The first-order valence-corrected chi connectivity index (χ1v) is 9.35. The lowest BCUT2D eigenvalue weighted by molar-refractivity contribution is -0.203. The number of hydroxylamine groups is 2. The Morgan fingerprint density at radius 1 is 1.11 bits per heavy atom. The van der Waals surface area contributed by atoms with E-state index in [2.05, 4.69) is 0 Å². The van der Waals surface area contributed by atoms with Crippen LogP contribution in [0.5, 0.6) is 0 Å². The van der Waals surface area contributed by atoms with Gasteiger partial charge in [0.15, 0.2) is 0 Å². The van der Waals surface area contributed by atoms with E-state index in [9.17, 15) is 9.59 Å². The van der Waals surface area contributed by atoms with Crippen molar-refractivity contribution in [2.24, 2.45) is 5.41 Å². The number of rotatable bonds is 4. The van der Waals surface area contributed by atoms with Crippen molar-refractivity contribution in [2.45, 2.75) is 67.9 Å². The fraction of sp³-hybridized carbons (Fsp3) is 0.545. The molecular formula is C22H31NO4. The number of carbonyl (C=O) groups is 2. The van der Waals surface area contributed by atoms with Gasteiger partial charge in [-0.2, -0.15) is 0 Å². The summed E-state index contributed by atoms with van der Waals surface area (Å²) in [7, 11) is 0. The van der Waals surface area contributed by atoms with Gasteiger partial charge in [0.25, 0.3) is 5.91 Å². The topological polar surface area (TPSA) is 55.8 Å². The van der Waals surface area contributed by atoms with E-state index >= 15 is 0 Å². The van der Waals surface area contributed by atoms with Gasteiger partial charge in [0.1, 0.15) is 11.3 Å². The fourth-order valence-corrected chi connectivity index (χ4v) is 3.42. The molecule has 2 rings (SSSR count). The molecule has 1 aromatic rings. The second kappa shape index (κ2) is 7.12. The average Bonchev–Trinajstić information content (AvgIpc) is 2.68. The molecule has 1 amide bonds. The van der Waals surface area contributed by atoms with Crippen molar-refractivity contribution in [3.8, 4) is 0 Å². The molecule has 0 atom stereocenters. The Bertz CT molecular complexity index is 789. The van der Waals surface area contributed by atoms with Gasteiger partial charge in [0.2, 0.25) is 0 Å². The van der Waals surface area contributed by atoms with Crippen molar-refractivity contribution in [2.75, 3.05) is 6.61 Å². The number of nitrogens with zero attached hydrogens (tertiary/aromatic N) is 1. The first kappa shape index (κ1) is 21.2. The number of esters is 1. The smallest absolute Gasteiger partial charge is 0.316 e. The highest BCUT2D eigenvalue weighted by atomic mass is 16.7. The zero-order chi connectivity index (χ0) is 20.7. The molecule has 0 saturated carbocycles. The number of hydrogen-bond acceptors (Lipinski definition) is 4. The Morgan fingerprint density at radius 2 is 1.63 bits per heavy atom. The van der Waals surface area contributed by atoms with Crippen molar-refractivity contribution in [1.82, 2.24) is 5.06 Å². The third-order valence-corrected chi connectivity index (χ3v) is 4.68. The summed E-state index contributed by atoms with van der Waals surface area (Å²) < 4.78 is 5.84. The quantitative estimate of drug-likeness (QED) is 0.730. The van der Waals surface area contributed by atoms with Gasteiger partial charge in [-0.15, -0.1) is 0 Å². The third-order valence-electron chi connectivity index (χ3n) is 4.68. The molecule has 1 aromatic carbocycles. The molecule has 0 bridgehead atoms. The minimum Gasteiger partial charge on any atom is -0.427 e. The Kier molecular flexibility index (Phi) is 5.58. The highest BCUT2D eigenvalue weighted by molar-refractivity contribution is 6.23. The molecule has 0 N–H and O–H groups in total. The molecular weight excluding hydrogens is 342 g/mol. The van der Waals surface area contributed by atoms with E-state index in [0.29, 0.717) is 17.9 Å². The summed E-state index contributed by atoms with van der Waals surface area (Å²) >= 11 is 0. The number of ether oxygens (including phenoxy) is 1. The van der Waals surface area contributed by atoms with Crippen molar-refractivity contribution >= 4 is 17.4 Å². The van der Waals surface area contributed by atoms with Crippen LogP contribution in [0.4, 0.5) is 0 Å². The Balaban J connectivity index is 2.74. The number of benzene rings is 1. The standard InChI is InChI=1S/C22H31NO4/c1-10-26-23-19(24)17(16-14(3)11-13(2)12-15(16)4)18(22(23,8)9)27-20(25)21(5,6)7/h11-12H,10H2,1-9H3. The lowest BCUT2D eigenvalue weighted by Crippen LogP contribution is -2.44. The van der Waals surface area contributed by atoms with Gasteiger partial charge in [-0.1, -0.05) is 17.7 Å². The van der Waals surface area contributed by atoms with E-state index < -0.39 is 11.0 Å². The zero-order valence-electron chi connectivity index (χ0n) is 17.9. The summed E-state index contributed by atoms with van der Waals surface area (Å²) in [5, 5.41) is 1.33. The van der Waals surface area contributed by atoms with Crippen LogP contribution in [0.3, 0.4) is 0 Å². The van der Waals surface area contributed by atoms with Gasteiger partial charge >= 0.3 is 5.97 Å². The lowest BCUT2D eigenvalue weighted by atomic mass is 9.91. The fourth-order valence-electron chi connectivity index (χ4n) is 3.42. The first-order valence-electron chi connectivity index (χ1n) is 9.35. The first-order chi connectivity index (χ1) is 12.3. The van der Waals surface area contributed by atoms with E-state index in [1.807, 2.05) is 53.7 Å². The zero-order valence-corrected chi connectivity index (χ0v) is 17.9. The number of hydrogen-bond donors (Lipinski definition) is 0. The van der Waals surface area contributed by atoms with Crippen LogP contribution in [0.2, 0.25) is 0 Å². The molecule has 1 aliphatic heterocycles. The van der Waals surface area contributed by atoms with E-state index in [1.54, 1.807) is 20.8 Å². The molecule has 0 spiro atoms. The van der Waals surface area contributed by atoms with Crippen molar-refractivity contribution < 1.29 is 19.2 Å². The van der Waals surface area contributed by atoms with Crippen LogP contribution in [0.15, 0.2) is 17.9 Å². The van der Waals surface area contributed by atoms with Crippen LogP contribution in [0.1, 0.15) is 63.8 Å². The number of carbonyl (C=O) groups excluding carboxylic acids is 2. The van der Waals surface area contributed by atoms with Crippen molar-refractivity contribution in [3.05, 3.63) is 40.1 Å². The van der Waals surface area contributed by atoms with E-state index in [1.165, 1.54) is 5.06 Å². The van der Waals surface area contributed by atoms with Gasteiger partial charge in [0.05, 0.1) is 17.6 Å². The maximum Gasteiger partial charge on any atom is 0.316 e. The summed E-state index contributed by atoms with van der Waals surface area (Å²) in [6.07, 6.45) is 0. The van der Waals surface area contributed by atoms with E-state index in [-0.39, 0.29) is 11.9 Å². The molecule has 27 heavy (non-hydrogen) atoms. The van der Waals surface area contributed by atoms with Crippen LogP contribution in [0, 0.1) is 26.2 Å². The van der Waals surface area contributed by atoms with Gasteiger partial charge < -0.3 is 4.74 Å². The third kappa shape index (κ3) is 3.79. The molecule has 0 aromatic heterocycles. The molecule has 1 heterocycles. The van der Waals surface area contributed by atoms with Crippen LogP contribution in [-0.2, 0) is 19.2 Å². The second-order valence-corrected chi connectivity index (χ2v) is 8.69. The summed E-state index contributed by atoms with van der Waals surface area (Å²) in [4.78, 5) is 31.6. The molecule has 1 aliphatic rings. The number of amides is 1. The SMILES string of the molecule is CCON1C(=O)C(c2c(C)cc(C)cc2C)=C(OC(=O)C(C)(C)C)C1(C)C. The minimum atomic E-state index is -0.896. The van der Waals surface area contributed by atoms with Gasteiger partial charge in [-0.25, -0.2) is 5.06 Å². The maximum absolute atomic E-state index is 13.3. The summed E-state index contributed by atoms with van der Waals surface area (Å²) in [5.74, 6) is -0.318. The monoisotopic (exact) mass is 373 g/mol. The largest absolute Gasteiger partial charge is 0.427 e. The normalized spacial score (nSPS) is 16.9. The summed E-state index contributed by atoms with van der Waals surface area (Å²) in [5.41, 5.74) is 2.68. The summed E-state index contributed by atoms with van der Waals surface area (Å²) in [6.45, 7) is 17.2. The van der Waals surface area contributed by atoms with E-state index in [4.69, 9.17) is 9.57 Å². The van der Waals surface area contributed by atoms with Crippen molar-refractivity contribution in [1.29, 1.82) is 0 Å². The Morgan fingerprint density at radius 3 is 2.07 bits per heavy atom. The van der Waals surface area contributed by atoms with Gasteiger partial charge in [-0.3, -0.25) is 14.4 Å². The Hall–Kier alpha value is -2.14. The maximum atomic E-state index is 13.3. The molecule has 5 heteroatoms. The minimum absolute atomic E-state index is 0.284. The van der Waals surface area contributed by atoms with Crippen LogP contribution in [0.25, 0.3) is 5.57 Å². The van der Waals surface area contributed by atoms with Crippen LogP contribution in [-0.4, -0.2) is 29.1 Å². The molecule has 0 saturated heterocycles. The molecule has 5 nitrogen and oxygen atoms in total. The van der Waals surface area contributed by atoms with Crippen LogP contribution >= 0.6 is 0 Å². The summed E-state index contributed by atoms with van der Waals surface area (Å²) in [6, 6.07) is 4.06. The second-order valence-electron chi connectivity index (χ2n) is 8.69. The van der Waals surface area contributed by atoms with Gasteiger partial charge in [-0.05, 0) is 79.0 Å². The van der Waals surface area contributed by atoms with E-state index in [0.717, 1.165) is 22.3 Å². The average molecular weight is 373 g/mol. The predicted octanol–water partition coefficient (Wildman–Crippen LogP) is 4.48.